The molecule has 0 heterocycles. The van der Waals surface area contributed by atoms with Gasteiger partial charge in [-0.05, 0) is 12.2 Å². The first-order chi connectivity index (χ1) is 6.90. The molecule has 0 spiro atoms. The molecule has 1 unspecified atom stereocenters. The number of hydrogen-bond acceptors (Lipinski definition) is 5. The number of rotatable bonds is 3. The van der Waals surface area contributed by atoms with Gasteiger partial charge in [0.25, 0.3) is 6.04 Å². The van der Waals surface area contributed by atoms with E-state index in [4.69, 9.17) is 0 Å². The van der Waals surface area contributed by atoms with Crippen molar-refractivity contribution >= 4 is 10.1 Å². The molecule has 0 fully saturated rings. The molecule has 0 saturated carbocycles. The highest BCUT2D eigenvalue weighted by Crippen LogP contribution is 2.14. The predicted molar refractivity (Wildman–Crippen MR) is 53.1 cm³/mol. The van der Waals surface area contributed by atoms with Crippen LogP contribution in [0.25, 0.3) is 0 Å². The summed E-state index contributed by atoms with van der Waals surface area (Å²) in [5.41, 5.74) is 0.188. The molecular weight excluding hydrogens is 222 g/mol. The van der Waals surface area contributed by atoms with Crippen LogP contribution in [0.2, 0.25) is 0 Å². The SMILES string of the molecule is CS(=O)(=O)O/C=C1/C=CC=CC1[N+](=O)[O-]. The van der Waals surface area contributed by atoms with Gasteiger partial charge in [0.1, 0.15) is 6.26 Å². The van der Waals surface area contributed by atoms with Crippen LogP contribution in [0.1, 0.15) is 0 Å². The normalized spacial score (nSPS) is 23.0. The lowest BCUT2D eigenvalue weighted by molar-refractivity contribution is -0.498. The number of nitro groups is 1. The van der Waals surface area contributed by atoms with Gasteiger partial charge in [0, 0.05) is 4.92 Å². The Hall–Kier alpha value is -1.63. The first-order valence-corrected chi connectivity index (χ1v) is 5.78. The first-order valence-electron chi connectivity index (χ1n) is 3.97. The average Bonchev–Trinajstić information content (AvgIpc) is 2.14. The van der Waals surface area contributed by atoms with E-state index in [1.165, 1.54) is 18.2 Å². The van der Waals surface area contributed by atoms with Crippen LogP contribution in [0.3, 0.4) is 0 Å². The summed E-state index contributed by atoms with van der Waals surface area (Å²) in [6.07, 6.45) is 7.61. The van der Waals surface area contributed by atoms with Gasteiger partial charge < -0.3 is 4.18 Å². The molecule has 1 atom stereocenters. The van der Waals surface area contributed by atoms with Gasteiger partial charge in [0.05, 0.1) is 11.8 Å². The van der Waals surface area contributed by atoms with Crippen LogP contribution >= 0.6 is 0 Å². The lowest BCUT2D eigenvalue weighted by atomic mass is 10.0. The Labute approximate surface area is 86.8 Å². The minimum absolute atomic E-state index is 0.188. The van der Waals surface area contributed by atoms with Gasteiger partial charge >= 0.3 is 10.1 Å². The fraction of sp³-hybridized carbons (Fsp3) is 0.250. The summed E-state index contributed by atoms with van der Waals surface area (Å²) < 4.78 is 25.7. The summed E-state index contributed by atoms with van der Waals surface area (Å²) in [7, 11) is -3.63. The van der Waals surface area contributed by atoms with Crippen molar-refractivity contribution in [3.05, 3.63) is 46.3 Å². The molecule has 0 N–H and O–H groups in total. The van der Waals surface area contributed by atoms with Gasteiger partial charge in [-0.2, -0.15) is 8.42 Å². The molecule has 15 heavy (non-hydrogen) atoms. The van der Waals surface area contributed by atoms with Crippen molar-refractivity contribution in [2.75, 3.05) is 6.26 Å². The maximum atomic E-state index is 10.7. The monoisotopic (exact) mass is 231 g/mol. The maximum absolute atomic E-state index is 10.7. The topological polar surface area (TPSA) is 86.5 Å². The van der Waals surface area contributed by atoms with E-state index in [9.17, 15) is 18.5 Å². The quantitative estimate of drug-likeness (QED) is 0.307. The summed E-state index contributed by atoms with van der Waals surface area (Å²) in [4.78, 5) is 10.0. The molecular formula is C8H9NO5S. The van der Waals surface area contributed by atoms with E-state index in [0.717, 1.165) is 12.5 Å². The Kier molecular flexibility index (Phi) is 3.25. The molecule has 0 bridgehead atoms. The van der Waals surface area contributed by atoms with Crippen LogP contribution in [0.5, 0.6) is 0 Å². The fourth-order valence-corrected chi connectivity index (χ4v) is 1.28. The zero-order chi connectivity index (χ0) is 11.5. The Morgan fingerprint density at radius 2 is 2.20 bits per heavy atom. The Bertz CT molecular complexity index is 446. The zero-order valence-electron chi connectivity index (χ0n) is 7.86. The van der Waals surface area contributed by atoms with E-state index in [-0.39, 0.29) is 5.57 Å². The van der Waals surface area contributed by atoms with Crippen molar-refractivity contribution in [2.45, 2.75) is 6.04 Å². The molecule has 0 aliphatic heterocycles. The highest BCUT2D eigenvalue weighted by Gasteiger charge is 2.22. The molecule has 82 valence electrons. The van der Waals surface area contributed by atoms with Crippen LogP contribution < -0.4 is 0 Å². The summed E-state index contributed by atoms with van der Waals surface area (Å²) in [5.74, 6) is 0. The van der Waals surface area contributed by atoms with Crippen molar-refractivity contribution in [1.29, 1.82) is 0 Å². The summed E-state index contributed by atoms with van der Waals surface area (Å²) >= 11 is 0. The van der Waals surface area contributed by atoms with E-state index < -0.39 is 21.1 Å². The smallest absolute Gasteiger partial charge is 0.305 e. The first kappa shape index (κ1) is 11.4. The number of allylic oxidation sites excluding steroid dienone is 2. The van der Waals surface area contributed by atoms with Crippen molar-refractivity contribution in [3.8, 4) is 0 Å². The molecule has 6 nitrogen and oxygen atoms in total. The highest BCUT2D eigenvalue weighted by molar-refractivity contribution is 7.86. The molecule has 0 radical (unpaired) electrons. The zero-order valence-corrected chi connectivity index (χ0v) is 8.68. The van der Waals surface area contributed by atoms with Gasteiger partial charge in [0.15, 0.2) is 0 Å². The van der Waals surface area contributed by atoms with Gasteiger partial charge in [-0.3, -0.25) is 10.1 Å². The van der Waals surface area contributed by atoms with Gasteiger partial charge in [-0.1, -0.05) is 12.2 Å². The second-order valence-electron chi connectivity index (χ2n) is 2.89. The van der Waals surface area contributed by atoms with E-state index in [0.29, 0.717) is 0 Å². The van der Waals surface area contributed by atoms with Gasteiger partial charge in [-0.15, -0.1) is 0 Å². The minimum Gasteiger partial charge on any atom is -0.390 e. The van der Waals surface area contributed by atoms with Crippen molar-refractivity contribution in [2.24, 2.45) is 0 Å². The molecule has 1 aliphatic carbocycles. The molecule has 0 amide bonds. The Balaban J connectivity index is 2.88. The van der Waals surface area contributed by atoms with Crippen LogP contribution in [0.4, 0.5) is 0 Å². The van der Waals surface area contributed by atoms with E-state index in [1.807, 2.05) is 0 Å². The second-order valence-corrected chi connectivity index (χ2v) is 4.49. The molecule has 0 aromatic rings. The summed E-state index contributed by atoms with van der Waals surface area (Å²) in [5, 5.41) is 10.6. The Morgan fingerprint density at radius 3 is 2.73 bits per heavy atom. The average molecular weight is 231 g/mol. The third-order valence-electron chi connectivity index (χ3n) is 1.62. The lowest BCUT2D eigenvalue weighted by Crippen LogP contribution is -2.20. The van der Waals surface area contributed by atoms with Crippen LogP contribution in [-0.2, 0) is 14.3 Å². The Morgan fingerprint density at radius 1 is 1.53 bits per heavy atom. The molecule has 1 aliphatic rings. The van der Waals surface area contributed by atoms with Crippen LogP contribution in [-0.4, -0.2) is 25.6 Å². The van der Waals surface area contributed by atoms with E-state index in [2.05, 4.69) is 4.18 Å². The van der Waals surface area contributed by atoms with Crippen molar-refractivity contribution in [1.82, 2.24) is 0 Å². The van der Waals surface area contributed by atoms with Gasteiger partial charge in [0.2, 0.25) is 0 Å². The summed E-state index contributed by atoms with van der Waals surface area (Å²) in [6.45, 7) is 0. The third-order valence-corrected chi connectivity index (χ3v) is 2.07. The third kappa shape index (κ3) is 3.55. The van der Waals surface area contributed by atoms with Crippen molar-refractivity contribution < 1.29 is 17.5 Å². The molecule has 0 aromatic carbocycles. The predicted octanol–water partition coefficient (Wildman–Crippen LogP) is 0.618. The van der Waals surface area contributed by atoms with Crippen molar-refractivity contribution in [3.63, 3.8) is 0 Å². The molecule has 0 aromatic heterocycles. The highest BCUT2D eigenvalue weighted by atomic mass is 32.2. The van der Waals surface area contributed by atoms with Crippen LogP contribution in [0.15, 0.2) is 36.1 Å². The molecule has 7 heteroatoms. The number of nitrogens with zero attached hydrogens (tertiary/aromatic N) is 1. The van der Waals surface area contributed by atoms with Crippen LogP contribution in [0, 0.1) is 10.1 Å². The summed E-state index contributed by atoms with van der Waals surface area (Å²) in [6, 6.07) is -1.06. The molecule has 0 saturated heterocycles. The minimum atomic E-state index is -3.63. The van der Waals surface area contributed by atoms with Gasteiger partial charge in [-0.25, -0.2) is 0 Å². The lowest BCUT2D eigenvalue weighted by Gasteiger charge is -2.08. The number of hydrogen-bond donors (Lipinski definition) is 0. The molecule has 1 rings (SSSR count). The fourth-order valence-electron chi connectivity index (χ4n) is 0.990. The van der Waals surface area contributed by atoms with E-state index in [1.54, 1.807) is 6.08 Å². The second kappa shape index (κ2) is 4.26. The van der Waals surface area contributed by atoms with E-state index >= 15 is 0 Å². The standard InChI is InChI=1S/C8H9NO5S/c1-15(12,13)14-6-7-4-2-3-5-8(7)9(10)11/h2-6,8H,1H3/b7-6-. The largest absolute Gasteiger partial charge is 0.390 e. The maximum Gasteiger partial charge on any atom is 0.305 e.